The maximum absolute atomic E-state index is 12.9. The van der Waals surface area contributed by atoms with Crippen LogP contribution in [-0.4, -0.2) is 28.8 Å². The quantitative estimate of drug-likeness (QED) is 0.340. The Morgan fingerprint density at radius 1 is 1.10 bits per heavy atom. The molecule has 1 amide bonds. The number of allylic oxidation sites excluding steroid dienone is 2. The fourth-order valence-corrected chi connectivity index (χ4v) is 3.27. The van der Waals surface area contributed by atoms with Gasteiger partial charge in [-0.25, -0.2) is 0 Å². The van der Waals surface area contributed by atoms with Crippen LogP contribution in [0, 0.1) is 5.41 Å². The molecule has 1 aliphatic carbocycles. The number of carboxylic acids is 1. The molecule has 1 unspecified atom stereocenters. The zero-order valence-electron chi connectivity index (χ0n) is 17.1. The third-order valence-corrected chi connectivity index (χ3v) is 5.02. The summed E-state index contributed by atoms with van der Waals surface area (Å²) in [6.07, 6.45) is 4.01. The molecule has 1 aliphatic rings. The summed E-state index contributed by atoms with van der Waals surface area (Å²) in [4.78, 5) is 37.1. The van der Waals surface area contributed by atoms with Crippen molar-refractivity contribution in [3.8, 4) is 5.75 Å². The summed E-state index contributed by atoms with van der Waals surface area (Å²) in [5, 5.41) is 23.9. The number of carboxylic acid groups (broad SMARTS) is 1. The van der Waals surface area contributed by atoms with Crippen LogP contribution in [0.25, 0.3) is 0 Å². The number of aliphatic carboxylic acids is 1. The fourth-order valence-electron chi connectivity index (χ4n) is 3.27. The number of rotatable bonds is 7. The van der Waals surface area contributed by atoms with Crippen molar-refractivity contribution in [2.75, 3.05) is 0 Å². The van der Waals surface area contributed by atoms with E-state index in [0.717, 1.165) is 0 Å². The molecular formula is C23H21N2NaO5. The van der Waals surface area contributed by atoms with E-state index in [1.165, 1.54) is 30.4 Å². The molecule has 3 rings (SSSR count). The van der Waals surface area contributed by atoms with Gasteiger partial charge in [0.05, 0.1) is 17.4 Å². The van der Waals surface area contributed by atoms with Crippen LogP contribution in [0.1, 0.15) is 22.3 Å². The molecule has 2 aromatic rings. The zero-order chi connectivity index (χ0) is 21.7. The van der Waals surface area contributed by atoms with E-state index in [1.54, 1.807) is 42.5 Å². The van der Waals surface area contributed by atoms with E-state index in [1.807, 2.05) is 0 Å². The van der Waals surface area contributed by atoms with Crippen molar-refractivity contribution in [1.29, 1.82) is 0 Å². The number of phenols is 1. The zero-order valence-corrected chi connectivity index (χ0v) is 19.1. The third-order valence-electron chi connectivity index (χ3n) is 5.02. The average Bonchev–Trinajstić information content (AvgIpc) is 2.76. The molecule has 0 saturated heterocycles. The van der Waals surface area contributed by atoms with E-state index in [4.69, 9.17) is 5.73 Å². The van der Waals surface area contributed by atoms with Crippen LogP contribution in [0.4, 0.5) is 0 Å². The van der Waals surface area contributed by atoms with Gasteiger partial charge in [0.25, 0.3) is 5.91 Å². The minimum Gasteiger partial charge on any atom is -0.549 e. The number of nitrogens with two attached hydrogens (primary N) is 1. The molecule has 0 fully saturated rings. The second-order valence-electron chi connectivity index (χ2n) is 7.12. The maximum atomic E-state index is 12.9. The van der Waals surface area contributed by atoms with Crippen LogP contribution < -0.4 is 45.7 Å². The average molecular weight is 428 g/mol. The van der Waals surface area contributed by atoms with Crippen LogP contribution in [0.15, 0.2) is 78.5 Å². The summed E-state index contributed by atoms with van der Waals surface area (Å²) < 4.78 is 0. The van der Waals surface area contributed by atoms with Crippen LogP contribution in [0.2, 0.25) is 0 Å². The summed E-state index contributed by atoms with van der Waals surface area (Å²) in [6, 6.07) is 13.6. The molecule has 0 saturated carbocycles. The Hall–Kier alpha value is -2.71. The van der Waals surface area contributed by atoms with Gasteiger partial charge in [0.1, 0.15) is 5.75 Å². The third kappa shape index (κ3) is 5.71. The first-order valence-corrected chi connectivity index (χ1v) is 9.37. The van der Waals surface area contributed by atoms with Gasteiger partial charge in [-0.1, -0.05) is 42.5 Å². The van der Waals surface area contributed by atoms with Crippen molar-refractivity contribution in [3.63, 3.8) is 0 Å². The monoisotopic (exact) mass is 428 g/mol. The Labute approximate surface area is 201 Å². The molecule has 0 heterocycles. The topological polar surface area (TPSA) is 133 Å². The van der Waals surface area contributed by atoms with E-state index in [2.05, 4.69) is 5.32 Å². The molecular weight excluding hydrogens is 407 g/mol. The van der Waals surface area contributed by atoms with Gasteiger partial charge in [0.2, 0.25) is 0 Å². The Bertz CT molecular complexity index is 1020. The second kappa shape index (κ2) is 10.5. The molecule has 0 spiro atoms. The van der Waals surface area contributed by atoms with E-state index >= 15 is 0 Å². The van der Waals surface area contributed by atoms with Crippen molar-refractivity contribution in [3.05, 3.63) is 89.6 Å². The summed E-state index contributed by atoms with van der Waals surface area (Å²) in [7, 11) is 0. The summed E-state index contributed by atoms with van der Waals surface area (Å²) in [5.74, 6) is -2.50. The number of amides is 1. The molecule has 0 aliphatic heterocycles. The molecule has 2 aromatic carbocycles. The van der Waals surface area contributed by atoms with Crippen LogP contribution in [0.5, 0.6) is 5.75 Å². The van der Waals surface area contributed by atoms with Crippen molar-refractivity contribution in [2.24, 2.45) is 11.1 Å². The molecule has 7 nitrogen and oxygen atoms in total. The maximum Gasteiger partial charge on any atom is 1.00 e. The molecule has 2 atom stereocenters. The minimum atomic E-state index is -1.91. The predicted molar refractivity (Wildman–Crippen MR) is 108 cm³/mol. The number of ketones is 1. The first-order valence-electron chi connectivity index (χ1n) is 9.37. The number of aromatic hydroxyl groups is 1. The Morgan fingerprint density at radius 3 is 2.29 bits per heavy atom. The summed E-state index contributed by atoms with van der Waals surface area (Å²) in [6.45, 7) is 0. The van der Waals surface area contributed by atoms with Gasteiger partial charge in [-0.15, -0.1) is 0 Å². The Balaban J connectivity index is 0.00000341. The summed E-state index contributed by atoms with van der Waals surface area (Å²) >= 11 is 0. The SMILES string of the molecule is N[C@@H](Cc1ccc(O)cc1)C(=O)C1(C(=O)[O-])C=CC(NC(=O)c2ccccc2)=CC1.[Na+]. The smallest absolute Gasteiger partial charge is 0.549 e. The summed E-state index contributed by atoms with van der Waals surface area (Å²) in [5.41, 5.74) is 5.63. The van der Waals surface area contributed by atoms with Crippen LogP contribution >= 0.6 is 0 Å². The number of carbonyl (C=O) groups excluding carboxylic acids is 3. The van der Waals surface area contributed by atoms with Gasteiger partial charge in [-0.05, 0) is 48.7 Å². The number of benzene rings is 2. The largest absolute Gasteiger partial charge is 1.00 e. The van der Waals surface area contributed by atoms with Crippen LogP contribution in [0.3, 0.4) is 0 Å². The number of hydrogen-bond donors (Lipinski definition) is 3. The number of carbonyl (C=O) groups is 3. The van der Waals surface area contributed by atoms with Gasteiger partial charge in [0.15, 0.2) is 5.78 Å². The number of hydrogen-bond acceptors (Lipinski definition) is 6. The fraction of sp³-hybridized carbons (Fsp3) is 0.174. The van der Waals surface area contributed by atoms with Gasteiger partial charge in [-0.2, -0.15) is 0 Å². The first-order chi connectivity index (χ1) is 14.3. The Kier molecular flexibility index (Phi) is 8.36. The molecule has 0 bridgehead atoms. The van der Waals surface area contributed by atoms with E-state index in [-0.39, 0.29) is 54.1 Å². The molecule has 0 radical (unpaired) electrons. The van der Waals surface area contributed by atoms with Gasteiger partial charge >= 0.3 is 29.6 Å². The van der Waals surface area contributed by atoms with Gasteiger partial charge in [0, 0.05) is 11.3 Å². The Morgan fingerprint density at radius 2 is 1.74 bits per heavy atom. The van der Waals surface area contributed by atoms with E-state index in [0.29, 0.717) is 16.8 Å². The number of phenolic OH excluding ortho intramolecular Hbond substituents is 1. The first kappa shape index (κ1) is 24.6. The normalized spacial score (nSPS) is 18.3. The van der Waals surface area contributed by atoms with Crippen molar-refractivity contribution < 1.29 is 54.2 Å². The van der Waals surface area contributed by atoms with E-state index < -0.39 is 23.2 Å². The molecule has 8 heteroatoms. The van der Waals surface area contributed by atoms with Gasteiger partial charge < -0.3 is 26.1 Å². The van der Waals surface area contributed by atoms with Crippen molar-refractivity contribution >= 4 is 17.7 Å². The van der Waals surface area contributed by atoms with Crippen molar-refractivity contribution in [1.82, 2.24) is 5.32 Å². The van der Waals surface area contributed by atoms with Gasteiger partial charge in [-0.3, -0.25) is 9.59 Å². The standard InChI is InChI=1S/C23H22N2O5.Na/c24-19(14-15-6-8-18(26)9-7-15)20(27)23(22(29)30)12-10-17(11-13-23)25-21(28)16-4-2-1-3-5-16;/h1-12,19,26H,13-14,24H2,(H,25,28)(H,29,30);/q;+1/p-1/t19-,23?;/m0./s1. The van der Waals surface area contributed by atoms with Crippen LogP contribution in [-0.2, 0) is 16.0 Å². The van der Waals surface area contributed by atoms with Crippen molar-refractivity contribution in [2.45, 2.75) is 18.9 Å². The van der Waals surface area contributed by atoms with E-state index in [9.17, 15) is 24.6 Å². The number of Topliss-reactive ketones (excluding diaryl/α,β-unsaturated/α-hetero) is 1. The number of nitrogens with one attached hydrogen (secondary N) is 1. The molecule has 0 aromatic heterocycles. The molecule has 154 valence electrons. The molecule has 4 N–H and O–H groups in total. The molecule has 31 heavy (non-hydrogen) atoms. The predicted octanol–water partition coefficient (Wildman–Crippen LogP) is -2.15. The minimum absolute atomic E-state index is 0. The second-order valence-corrected chi connectivity index (χ2v) is 7.12.